The van der Waals surface area contributed by atoms with E-state index in [0.717, 1.165) is 41.7 Å². The molecule has 2 aromatic rings. The average Bonchev–Trinajstić information content (AvgIpc) is 2.57. The lowest BCUT2D eigenvalue weighted by molar-refractivity contribution is 0.625. The van der Waals surface area contributed by atoms with Gasteiger partial charge >= 0.3 is 0 Å². The summed E-state index contributed by atoms with van der Waals surface area (Å²) < 4.78 is 13.6. The molecule has 15 heavy (non-hydrogen) atoms. The van der Waals surface area contributed by atoms with Gasteiger partial charge in [0.05, 0.1) is 0 Å². The van der Waals surface area contributed by atoms with Crippen LogP contribution in [-0.2, 0) is 13.0 Å². The second-order valence-electron chi connectivity index (χ2n) is 3.67. The van der Waals surface area contributed by atoms with E-state index in [0.29, 0.717) is 0 Å². The molecule has 3 rings (SSSR count). The van der Waals surface area contributed by atoms with E-state index >= 15 is 0 Å². The normalized spacial score (nSPS) is 14.7. The molecular formula is C11H12ClFN2. The summed E-state index contributed by atoms with van der Waals surface area (Å²) in [5.74, 6) is -0.109. The summed E-state index contributed by atoms with van der Waals surface area (Å²) in [6.45, 7) is 1.76. The van der Waals surface area contributed by atoms with Crippen LogP contribution >= 0.6 is 12.4 Å². The maximum atomic E-state index is 13.6. The van der Waals surface area contributed by atoms with E-state index in [1.807, 2.05) is 6.07 Å². The van der Waals surface area contributed by atoms with Crippen LogP contribution < -0.4 is 5.32 Å². The summed E-state index contributed by atoms with van der Waals surface area (Å²) in [6, 6.07) is 5.20. The molecule has 4 heteroatoms. The Morgan fingerprint density at radius 1 is 1.27 bits per heavy atom. The van der Waals surface area contributed by atoms with E-state index in [1.54, 1.807) is 6.07 Å². The van der Waals surface area contributed by atoms with Crippen LogP contribution in [0.15, 0.2) is 18.2 Å². The molecule has 0 atom stereocenters. The topological polar surface area (TPSA) is 27.8 Å². The number of H-pyrrole nitrogens is 1. The minimum absolute atomic E-state index is 0. The van der Waals surface area contributed by atoms with Gasteiger partial charge in [-0.15, -0.1) is 12.4 Å². The molecule has 1 aliphatic rings. The molecule has 0 amide bonds. The molecule has 2 heterocycles. The Bertz CT molecular complexity index is 493. The Hall–Kier alpha value is -1.06. The highest BCUT2D eigenvalue weighted by atomic mass is 35.5. The van der Waals surface area contributed by atoms with E-state index in [4.69, 9.17) is 0 Å². The van der Waals surface area contributed by atoms with Gasteiger partial charge in [-0.3, -0.25) is 0 Å². The van der Waals surface area contributed by atoms with Crippen molar-refractivity contribution in [2.24, 2.45) is 0 Å². The molecule has 2 nitrogen and oxygen atoms in total. The minimum Gasteiger partial charge on any atom is -0.357 e. The standard InChI is InChI=1S/C11H11FN2.ClH/c12-8-2-1-3-9-11(8)7-4-5-13-6-10(7)14-9;/h1-3,13-14H,4-6H2;1H. The molecule has 1 aliphatic heterocycles. The maximum absolute atomic E-state index is 13.6. The van der Waals surface area contributed by atoms with Gasteiger partial charge in [-0.25, -0.2) is 4.39 Å². The smallest absolute Gasteiger partial charge is 0.132 e. The zero-order chi connectivity index (χ0) is 9.54. The first kappa shape index (κ1) is 10.5. The average molecular weight is 227 g/mol. The quantitative estimate of drug-likeness (QED) is 0.709. The third-order valence-corrected chi connectivity index (χ3v) is 2.82. The van der Waals surface area contributed by atoms with Crippen LogP contribution in [0.5, 0.6) is 0 Å². The van der Waals surface area contributed by atoms with Gasteiger partial charge in [0, 0.05) is 23.1 Å². The van der Waals surface area contributed by atoms with Crippen molar-refractivity contribution in [3.8, 4) is 0 Å². The Morgan fingerprint density at radius 2 is 2.13 bits per heavy atom. The van der Waals surface area contributed by atoms with Gasteiger partial charge in [0.2, 0.25) is 0 Å². The minimum atomic E-state index is -0.109. The van der Waals surface area contributed by atoms with E-state index < -0.39 is 0 Å². The Balaban J connectivity index is 0.000000853. The van der Waals surface area contributed by atoms with Crippen molar-refractivity contribution < 1.29 is 4.39 Å². The van der Waals surface area contributed by atoms with Gasteiger partial charge in [0.15, 0.2) is 0 Å². The fourth-order valence-electron chi connectivity index (χ4n) is 2.18. The second kappa shape index (κ2) is 3.83. The number of rotatable bonds is 0. The monoisotopic (exact) mass is 226 g/mol. The number of nitrogens with one attached hydrogen (secondary N) is 2. The van der Waals surface area contributed by atoms with Crippen molar-refractivity contribution in [1.82, 2.24) is 10.3 Å². The number of halogens is 2. The summed E-state index contributed by atoms with van der Waals surface area (Å²) in [5, 5.41) is 4.05. The van der Waals surface area contributed by atoms with Crippen LogP contribution in [0.25, 0.3) is 10.9 Å². The van der Waals surface area contributed by atoms with Crippen molar-refractivity contribution in [3.05, 3.63) is 35.3 Å². The van der Waals surface area contributed by atoms with Gasteiger partial charge < -0.3 is 10.3 Å². The molecule has 2 N–H and O–H groups in total. The molecule has 0 aliphatic carbocycles. The SMILES string of the molecule is Cl.Fc1cccc2[nH]c3c(c12)CCNC3. The first-order chi connectivity index (χ1) is 6.86. The van der Waals surface area contributed by atoms with Crippen LogP contribution in [0.1, 0.15) is 11.3 Å². The molecule has 0 unspecified atom stereocenters. The summed E-state index contributed by atoms with van der Waals surface area (Å²) in [6.07, 6.45) is 0.913. The molecule has 80 valence electrons. The van der Waals surface area contributed by atoms with E-state index in [1.165, 1.54) is 6.07 Å². The van der Waals surface area contributed by atoms with Crippen LogP contribution in [0, 0.1) is 5.82 Å². The predicted molar refractivity (Wildman–Crippen MR) is 60.9 cm³/mol. The largest absolute Gasteiger partial charge is 0.357 e. The van der Waals surface area contributed by atoms with Crippen LogP contribution in [-0.4, -0.2) is 11.5 Å². The third-order valence-electron chi connectivity index (χ3n) is 2.82. The Labute approximate surface area is 93.3 Å². The Kier molecular flexibility index (Phi) is 2.67. The first-order valence-corrected chi connectivity index (χ1v) is 4.85. The lowest BCUT2D eigenvalue weighted by atomic mass is 10.0. The first-order valence-electron chi connectivity index (χ1n) is 4.85. The number of benzene rings is 1. The number of aromatic nitrogens is 1. The lowest BCUT2D eigenvalue weighted by Crippen LogP contribution is -2.23. The van der Waals surface area contributed by atoms with Crippen molar-refractivity contribution in [1.29, 1.82) is 0 Å². The summed E-state index contributed by atoms with van der Waals surface area (Å²) in [5.41, 5.74) is 3.20. The van der Waals surface area contributed by atoms with E-state index in [-0.39, 0.29) is 18.2 Å². The van der Waals surface area contributed by atoms with Crippen molar-refractivity contribution in [2.45, 2.75) is 13.0 Å². The lowest BCUT2D eigenvalue weighted by Gasteiger charge is -2.12. The van der Waals surface area contributed by atoms with Gasteiger partial charge in [-0.05, 0) is 30.7 Å². The highest BCUT2D eigenvalue weighted by Crippen LogP contribution is 2.26. The van der Waals surface area contributed by atoms with Crippen molar-refractivity contribution >= 4 is 23.3 Å². The van der Waals surface area contributed by atoms with Gasteiger partial charge in [0.25, 0.3) is 0 Å². The highest BCUT2D eigenvalue weighted by molar-refractivity contribution is 5.85. The fraction of sp³-hybridized carbons (Fsp3) is 0.273. The van der Waals surface area contributed by atoms with Gasteiger partial charge in [0.1, 0.15) is 5.82 Å². The van der Waals surface area contributed by atoms with E-state index in [2.05, 4.69) is 10.3 Å². The molecule has 0 fully saturated rings. The molecule has 0 radical (unpaired) electrons. The van der Waals surface area contributed by atoms with Gasteiger partial charge in [-0.2, -0.15) is 0 Å². The number of hydrogen-bond acceptors (Lipinski definition) is 1. The second-order valence-corrected chi connectivity index (χ2v) is 3.67. The third kappa shape index (κ3) is 1.52. The zero-order valence-electron chi connectivity index (χ0n) is 8.14. The maximum Gasteiger partial charge on any atom is 0.132 e. The van der Waals surface area contributed by atoms with Crippen LogP contribution in [0.2, 0.25) is 0 Å². The molecule has 0 bridgehead atoms. The van der Waals surface area contributed by atoms with Crippen LogP contribution in [0.4, 0.5) is 4.39 Å². The molecule has 1 aromatic carbocycles. The summed E-state index contributed by atoms with van der Waals surface area (Å²) >= 11 is 0. The van der Waals surface area contributed by atoms with Crippen LogP contribution in [0.3, 0.4) is 0 Å². The number of fused-ring (bicyclic) bond motifs is 3. The highest BCUT2D eigenvalue weighted by Gasteiger charge is 2.16. The predicted octanol–water partition coefficient (Wildman–Crippen LogP) is 2.37. The molecule has 0 saturated carbocycles. The van der Waals surface area contributed by atoms with Crippen molar-refractivity contribution in [3.63, 3.8) is 0 Å². The number of hydrogen-bond donors (Lipinski definition) is 2. The molecule has 1 aromatic heterocycles. The van der Waals surface area contributed by atoms with E-state index in [9.17, 15) is 4.39 Å². The summed E-state index contributed by atoms with van der Waals surface area (Å²) in [4.78, 5) is 3.25. The number of aromatic amines is 1. The van der Waals surface area contributed by atoms with Gasteiger partial charge in [-0.1, -0.05) is 6.07 Å². The van der Waals surface area contributed by atoms with Crippen molar-refractivity contribution in [2.75, 3.05) is 6.54 Å². The molecule has 0 spiro atoms. The Morgan fingerprint density at radius 3 is 3.00 bits per heavy atom. The molecule has 0 saturated heterocycles. The molecular weight excluding hydrogens is 215 g/mol. The summed E-state index contributed by atoms with van der Waals surface area (Å²) in [7, 11) is 0. The fourth-order valence-corrected chi connectivity index (χ4v) is 2.18. The zero-order valence-corrected chi connectivity index (χ0v) is 8.96.